The smallest absolute Gasteiger partial charge is 0.220 e. The third-order valence-corrected chi connectivity index (χ3v) is 3.19. The van der Waals surface area contributed by atoms with E-state index in [0.29, 0.717) is 30.2 Å². The predicted molar refractivity (Wildman–Crippen MR) is 59.4 cm³/mol. The van der Waals surface area contributed by atoms with Crippen molar-refractivity contribution in [2.75, 3.05) is 5.88 Å². The zero-order chi connectivity index (χ0) is 10.6. The Bertz CT molecular complexity index is 194. The number of nitrogens with one attached hydrogen (secondary N) is 1. The van der Waals surface area contributed by atoms with Gasteiger partial charge in [-0.15, -0.1) is 11.6 Å². The van der Waals surface area contributed by atoms with Crippen LogP contribution in [0.1, 0.15) is 39.5 Å². The molecule has 0 radical (unpaired) electrons. The molecule has 0 aromatic carbocycles. The lowest BCUT2D eigenvalue weighted by Crippen LogP contribution is -2.38. The lowest BCUT2D eigenvalue weighted by molar-refractivity contribution is -0.122. The average molecular weight is 218 g/mol. The maximum atomic E-state index is 11.5. The average Bonchev–Trinajstić information content (AvgIpc) is 2.50. The number of amides is 1. The first kappa shape index (κ1) is 11.8. The summed E-state index contributed by atoms with van der Waals surface area (Å²) < 4.78 is 0. The van der Waals surface area contributed by atoms with E-state index >= 15 is 0 Å². The normalized spacial score (nSPS) is 26.9. The van der Waals surface area contributed by atoms with Crippen molar-refractivity contribution in [2.45, 2.75) is 45.6 Å². The van der Waals surface area contributed by atoms with Crippen LogP contribution in [-0.2, 0) is 4.79 Å². The lowest BCUT2D eigenvalue weighted by atomic mass is 10.1. The molecule has 0 saturated heterocycles. The number of halogens is 1. The molecule has 0 heterocycles. The monoisotopic (exact) mass is 217 g/mol. The highest BCUT2D eigenvalue weighted by Gasteiger charge is 2.27. The van der Waals surface area contributed by atoms with Crippen molar-refractivity contribution in [3.05, 3.63) is 0 Å². The van der Waals surface area contributed by atoms with E-state index in [1.807, 2.05) is 0 Å². The molecule has 0 bridgehead atoms. The van der Waals surface area contributed by atoms with Crippen LogP contribution in [0, 0.1) is 11.8 Å². The standard InChI is InChI=1S/C11H20ClNO/c1-8(2)6-11(14)13-10-5-3-4-9(10)7-12/h8-10H,3-7H2,1-2H3,(H,13,14). The second-order valence-corrected chi connectivity index (χ2v) is 4.93. The van der Waals surface area contributed by atoms with E-state index in [0.717, 1.165) is 12.8 Å². The van der Waals surface area contributed by atoms with Gasteiger partial charge in [0.1, 0.15) is 0 Å². The van der Waals surface area contributed by atoms with Crippen LogP contribution < -0.4 is 5.32 Å². The van der Waals surface area contributed by atoms with Crippen LogP contribution in [0.5, 0.6) is 0 Å². The predicted octanol–water partition coefficient (Wildman–Crippen LogP) is 2.56. The molecule has 1 rings (SSSR count). The number of carbonyl (C=O) groups is 1. The lowest BCUT2D eigenvalue weighted by Gasteiger charge is -2.19. The molecule has 3 heteroatoms. The van der Waals surface area contributed by atoms with E-state index < -0.39 is 0 Å². The minimum Gasteiger partial charge on any atom is -0.353 e. The number of hydrogen-bond donors (Lipinski definition) is 1. The van der Waals surface area contributed by atoms with Crippen LogP contribution in [0.2, 0.25) is 0 Å². The molecule has 14 heavy (non-hydrogen) atoms. The van der Waals surface area contributed by atoms with Crippen molar-refractivity contribution in [2.24, 2.45) is 11.8 Å². The van der Waals surface area contributed by atoms with Crippen molar-refractivity contribution in [1.82, 2.24) is 5.32 Å². The summed E-state index contributed by atoms with van der Waals surface area (Å²) in [7, 11) is 0. The molecule has 0 aliphatic heterocycles. The number of alkyl halides is 1. The molecule has 1 fully saturated rings. The Hall–Kier alpha value is -0.240. The Balaban J connectivity index is 2.32. The summed E-state index contributed by atoms with van der Waals surface area (Å²) in [4.78, 5) is 11.5. The van der Waals surface area contributed by atoms with Gasteiger partial charge in [-0.25, -0.2) is 0 Å². The van der Waals surface area contributed by atoms with Gasteiger partial charge >= 0.3 is 0 Å². The molecule has 1 aliphatic carbocycles. The molecule has 0 aromatic heterocycles. The zero-order valence-corrected chi connectivity index (χ0v) is 9.81. The molecule has 1 saturated carbocycles. The van der Waals surface area contributed by atoms with Crippen LogP contribution in [0.4, 0.5) is 0 Å². The second kappa shape index (κ2) is 5.59. The van der Waals surface area contributed by atoms with E-state index in [4.69, 9.17) is 11.6 Å². The van der Waals surface area contributed by atoms with Crippen LogP contribution in [0.15, 0.2) is 0 Å². The van der Waals surface area contributed by atoms with Crippen molar-refractivity contribution < 1.29 is 4.79 Å². The summed E-state index contributed by atoms with van der Waals surface area (Å²) in [5, 5.41) is 3.09. The summed E-state index contributed by atoms with van der Waals surface area (Å²) >= 11 is 5.84. The Morgan fingerprint density at radius 1 is 1.50 bits per heavy atom. The van der Waals surface area contributed by atoms with Gasteiger partial charge in [0.25, 0.3) is 0 Å². The van der Waals surface area contributed by atoms with Gasteiger partial charge < -0.3 is 5.32 Å². The topological polar surface area (TPSA) is 29.1 Å². The molecular formula is C11H20ClNO. The fourth-order valence-corrected chi connectivity index (χ4v) is 2.42. The summed E-state index contributed by atoms with van der Waals surface area (Å²) in [6.45, 7) is 4.13. The SMILES string of the molecule is CC(C)CC(=O)NC1CCCC1CCl. The molecule has 2 atom stereocenters. The van der Waals surface area contributed by atoms with Crippen LogP contribution in [-0.4, -0.2) is 17.8 Å². The van der Waals surface area contributed by atoms with Gasteiger partial charge in [-0.05, 0) is 24.7 Å². The largest absolute Gasteiger partial charge is 0.353 e. The highest BCUT2D eigenvalue weighted by Crippen LogP contribution is 2.26. The number of rotatable bonds is 4. The van der Waals surface area contributed by atoms with Crippen molar-refractivity contribution in [3.63, 3.8) is 0 Å². The Morgan fingerprint density at radius 2 is 2.21 bits per heavy atom. The van der Waals surface area contributed by atoms with Gasteiger partial charge in [-0.3, -0.25) is 4.79 Å². The van der Waals surface area contributed by atoms with E-state index in [1.54, 1.807) is 0 Å². The molecular weight excluding hydrogens is 198 g/mol. The van der Waals surface area contributed by atoms with E-state index in [1.165, 1.54) is 6.42 Å². The highest BCUT2D eigenvalue weighted by molar-refractivity contribution is 6.18. The Labute approximate surface area is 91.4 Å². The van der Waals surface area contributed by atoms with Gasteiger partial charge in [-0.2, -0.15) is 0 Å². The van der Waals surface area contributed by atoms with E-state index in [9.17, 15) is 4.79 Å². The van der Waals surface area contributed by atoms with E-state index in [2.05, 4.69) is 19.2 Å². The van der Waals surface area contributed by atoms with Crippen LogP contribution in [0.25, 0.3) is 0 Å². The summed E-state index contributed by atoms with van der Waals surface area (Å²) in [5.74, 6) is 1.78. The molecule has 82 valence electrons. The van der Waals surface area contributed by atoms with Crippen LogP contribution >= 0.6 is 11.6 Å². The van der Waals surface area contributed by atoms with Crippen LogP contribution in [0.3, 0.4) is 0 Å². The quantitative estimate of drug-likeness (QED) is 0.721. The first-order valence-electron chi connectivity index (χ1n) is 5.48. The molecule has 2 nitrogen and oxygen atoms in total. The van der Waals surface area contributed by atoms with E-state index in [-0.39, 0.29) is 5.91 Å². The third kappa shape index (κ3) is 3.49. The maximum absolute atomic E-state index is 11.5. The molecule has 0 spiro atoms. The molecule has 1 aliphatic rings. The van der Waals surface area contributed by atoms with Crippen molar-refractivity contribution >= 4 is 17.5 Å². The molecule has 1 N–H and O–H groups in total. The summed E-state index contributed by atoms with van der Waals surface area (Å²) in [5.41, 5.74) is 0. The summed E-state index contributed by atoms with van der Waals surface area (Å²) in [6.07, 6.45) is 4.09. The third-order valence-electron chi connectivity index (χ3n) is 2.80. The molecule has 2 unspecified atom stereocenters. The zero-order valence-electron chi connectivity index (χ0n) is 9.05. The fourth-order valence-electron chi connectivity index (χ4n) is 2.05. The second-order valence-electron chi connectivity index (χ2n) is 4.62. The van der Waals surface area contributed by atoms with Gasteiger partial charge in [0.2, 0.25) is 5.91 Å². The Kier molecular flexibility index (Phi) is 4.73. The fraction of sp³-hybridized carbons (Fsp3) is 0.909. The number of carbonyl (C=O) groups excluding carboxylic acids is 1. The maximum Gasteiger partial charge on any atom is 0.220 e. The van der Waals surface area contributed by atoms with Crippen molar-refractivity contribution in [1.29, 1.82) is 0 Å². The molecule has 0 aromatic rings. The summed E-state index contributed by atoms with van der Waals surface area (Å²) in [6, 6.07) is 0.332. The van der Waals surface area contributed by atoms with Crippen molar-refractivity contribution in [3.8, 4) is 0 Å². The van der Waals surface area contributed by atoms with Gasteiger partial charge in [0, 0.05) is 18.3 Å². The van der Waals surface area contributed by atoms with Gasteiger partial charge in [-0.1, -0.05) is 20.3 Å². The molecule has 1 amide bonds. The minimum atomic E-state index is 0.182. The van der Waals surface area contributed by atoms with Gasteiger partial charge in [0.15, 0.2) is 0 Å². The number of hydrogen-bond acceptors (Lipinski definition) is 1. The van der Waals surface area contributed by atoms with Gasteiger partial charge in [0.05, 0.1) is 0 Å². The first-order chi connectivity index (χ1) is 6.63. The highest BCUT2D eigenvalue weighted by atomic mass is 35.5. The minimum absolute atomic E-state index is 0.182. The Morgan fingerprint density at radius 3 is 2.79 bits per heavy atom. The first-order valence-corrected chi connectivity index (χ1v) is 6.02.